The van der Waals surface area contributed by atoms with E-state index in [2.05, 4.69) is 51.4 Å². The number of rotatable bonds is 13. The Hall–Kier alpha value is -2.96. The molecule has 0 saturated carbocycles. The minimum Gasteiger partial charge on any atom is -0.462 e. The molecule has 1 atom stereocenters. The number of esters is 2. The van der Waals surface area contributed by atoms with Crippen LogP contribution in [0.3, 0.4) is 0 Å². The highest BCUT2D eigenvalue weighted by Gasteiger charge is 2.16. The van der Waals surface area contributed by atoms with Gasteiger partial charge in [0.15, 0.2) is 0 Å². The van der Waals surface area contributed by atoms with Crippen LogP contribution in [0.2, 0.25) is 0 Å². The number of ether oxygens (including phenoxy) is 3. The molecule has 0 saturated heterocycles. The third kappa shape index (κ3) is 11.0. The maximum absolute atomic E-state index is 12.8. The lowest BCUT2D eigenvalue weighted by molar-refractivity contribution is -0.00699. The molecule has 0 unspecified atom stereocenters. The van der Waals surface area contributed by atoms with E-state index in [-0.39, 0.29) is 25.1 Å². The van der Waals surface area contributed by atoms with Crippen LogP contribution in [0.15, 0.2) is 105 Å². The molecule has 3 aromatic carbocycles. The quantitative estimate of drug-likeness (QED) is 0.137. The molecule has 0 spiro atoms. The Kier molecular flexibility index (Phi) is 12.7. The van der Waals surface area contributed by atoms with E-state index in [0.717, 1.165) is 20.1 Å². The van der Waals surface area contributed by atoms with E-state index in [4.69, 9.17) is 14.2 Å². The van der Waals surface area contributed by atoms with Crippen molar-refractivity contribution < 1.29 is 23.8 Å². The smallest absolute Gasteiger partial charge is 0.338 e. The number of halogens is 2. The van der Waals surface area contributed by atoms with E-state index in [1.165, 1.54) is 0 Å². The molecule has 0 radical (unpaired) electrons. The summed E-state index contributed by atoms with van der Waals surface area (Å²) in [4.78, 5) is 25.1. The summed E-state index contributed by atoms with van der Waals surface area (Å²) in [7, 11) is 0. The first-order chi connectivity index (χ1) is 18.8. The van der Waals surface area contributed by atoms with Gasteiger partial charge in [0.2, 0.25) is 0 Å². The van der Waals surface area contributed by atoms with Crippen molar-refractivity contribution in [2.75, 3.05) is 13.2 Å². The van der Waals surface area contributed by atoms with Gasteiger partial charge in [-0.3, -0.25) is 0 Å². The second-order valence-corrected chi connectivity index (χ2v) is 11.0. The van der Waals surface area contributed by atoms with E-state index >= 15 is 0 Å². The third-order valence-electron chi connectivity index (χ3n) is 5.82. The lowest BCUT2D eigenvalue weighted by Crippen LogP contribution is -2.23. The molecule has 0 aliphatic carbocycles. The summed E-state index contributed by atoms with van der Waals surface area (Å²) in [5, 5.41) is 0. The van der Waals surface area contributed by atoms with Gasteiger partial charge >= 0.3 is 11.9 Å². The Balaban J connectivity index is 1.61. The minimum absolute atomic E-state index is 0.214. The molecule has 5 nitrogen and oxygen atoms in total. The number of benzene rings is 3. The molecule has 0 aliphatic rings. The highest BCUT2D eigenvalue weighted by molar-refractivity contribution is 9.10. The average molecular weight is 656 g/mol. The van der Waals surface area contributed by atoms with Crippen molar-refractivity contribution in [3.63, 3.8) is 0 Å². The van der Waals surface area contributed by atoms with Crippen LogP contribution in [0.25, 0.3) is 0 Å². The molecule has 0 fully saturated rings. The predicted octanol–water partition coefficient (Wildman–Crippen LogP) is 8.33. The third-order valence-corrected chi connectivity index (χ3v) is 6.88. The highest BCUT2D eigenvalue weighted by atomic mass is 79.9. The summed E-state index contributed by atoms with van der Waals surface area (Å²) >= 11 is 6.75. The van der Waals surface area contributed by atoms with Crippen LogP contribution in [-0.2, 0) is 20.8 Å². The van der Waals surface area contributed by atoms with Gasteiger partial charge < -0.3 is 14.2 Å². The van der Waals surface area contributed by atoms with Crippen LogP contribution in [0.1, 0.15) is 53.0 Å². The Morgan fingerprint density at radius 2 is 1.44 bits per heavy atom. The fourth-order valence-electron chi connectivity index (χ4n) is 3.61. The van der Waals surface area contributed by atoms with E-state index < -0.39 is 12.1 Å². The van der Waals surface area contributed by atoms with Gasteiger partial charge in [0.25, 0.3) is 0 Å². The maximum Gasteiger partial charge on any atom is 0.338 e. The van der Waals surface area contributed by atoms with E-state index in [1.807, 2.05) is 48.5 Å². The zero-order valence-electron chi connectivity index (χ0n) is 22.1. The van der Waals surface area contributed by atoms with E-state index in [9.17, 15) is 9.59 Å². The fraction of sp³-hybridized carbons (Fsp3) is 0.281. The van der Waals surface area contributed by atoms with Crippen LogP contribution in [0, 0.1) is 5.92 Å². The molecule has 204 valence electrons. The van der Waals surface area contributed by atoms with Crippen LogP contribution in [-0.4, -0.2) is 31.3 Å². The molecule has 7 heteroatoms. The summed E-state index contributed by atoms with van der Waals surface area (Å²) in [5.74, 6) is -0.548. The van der Waals surface area contributed by atoms with Crippen molar-refractivity contribution in [2.24, 2.45) is 5.92 Å². The van der Waals surface area contributed by atoms with Crippen LogP contribution in [0.4, 0.5) is 0 Å². The molecule has 0 amide bonds. The molecule has 3 rings (SSSR count). The normalized spacial score (nSPS) is 11.4. The second kappa shape index (κ2) is 16.2. The standard InChI is InChI=1S/C32H32Br2O5/c1-23(2)25(19-20-38-31(35)26-11-15-28(33)16-12-26)9-6-10-30(22-37-21-24-7-4-3-5-8-24)39-32(36)27-13-17-29(34)18-14-27/h3-8,11-18,23,30H,10,19-22H2,1-2H3/t9?,30-/m1/s1. The summed E-state index contributed by atoms with van der Waals surface area (Å²) in [6.07, 6.45) is 2.38. The Bertz CT molecular complexity index is 1260. The molecule has 0 N–H and O–H groups in total. The maximum atomic E-state index is 12.8. The zero-order valence-corrected chi connectivity index (χ0v) is 25.2. The second-order valence-electron chi connectivity index (χ2n) is 9.19. The van der Waals surface area contributed by atoms with Gasteiger partial charge in [-0.05, 0) is 71.7 Å². The fourth-order valence-corrected chi connectivity index (χ4v) is 4.14. The van der Waals surface area contributed by atoms with Gasteiger partial charge in [-0.25, -0.2) is 9.59 Å². The van der Waals surface area contributed by atoms with Crippen LogP contribution < -0.4 is 0 Å². The largest absolute Gasteiger partial charge is 0.462 e. The first-order valence-electron chi connectivity index (χ1n) is 12.8. The topological polar surface area (TPSA) is 61.8 Å². The van der Waals surface area contributed by atoms with Gasteiger partial charge in [-0.15, -0.1) is 5.73 Å². The van der Waals surface area contributed by atoms with E-state index in [1.54, 1.807) is 36.4 Å². The zero-order chi connectivity index (χ0) is 28.0. The monoisotopic (exact) mass is 654 g/mol. The molecule has 0 aliphatic heterocycles. The van der Waals surface area contributed by atoms with Crippen molar-refractivity contribution in [1.29, 1.82) is 0 Å². The highest BCUT2D eigenvalue weighted by Crippen LogP contribution is 2.17. The lowest BCUT2D eigenvalue weighted by atomic mass is 10.0. The van der Waals surface area contributed by atoms with Crippen molar-refractivity contribution in [3.05, 3.63) is 122 Å². The van der Waals surface area contributed by atoms with Crippen molar-refractivity contribution in [2.45, 2.75) is 39.4 Å². The first kappa shape index (κ1) is 30.6. The van der Waals surface area contributed by atoms with Gasteiger partial charge in [0, 0.05) is 21.8 Å². The number of carbonyl (C=O) groups is 2. The number of hydrogen-bond acceptors (Lipinski definition) is 5. The molecule has 0 aromatic heterocycles. The van der Waals surface area contributed by atoms with Crippen molar-refractivity contribution in [1.82, 2.24) is 0 Å². The van der Waals surface area contributed by atoms with Gasteiger partial charge in [-0.2, -0.15) is 0 Å². The molecule has 0 bridgehead atoms. The Morgan fingerprint density at radius 1 is 0.846 bits per heavy atom. The van der Waals surface area contributed by atoms with Crippen molar-refractivity contribution in [3.8, 4) is 0 Å². The Labute approximate surface area is 247 Å². The number of carbonyl (C=O) groups excluding carboxylic acids is 2. The summed E-state index contributed by atoms with van der Waals surface area (Å²) < 4.78 is 18.9. The molecule has 0 heterocycles. The van der Waals surface area contributed by atoms with Gasteiger partial charge in [0.1, 0.15) is 6.10 Å². The molecule has 3 aromatic rings. The summed E-state index contributed by atoms with van der Waals surface area (Å²) in [6.45, 7) is 5.07. The van der Waals surface area contributed by atoms with E-state index in [0.29, 0.717) is 30.6 Å². The van der Waals surface area contributed by atoms with Crippen molar-refractivity contribution >= 4 is 43.8 Å². The SMILES string of the molecule is CC(C)C(=C=CC[C@H](COCc1ccccc1)OC(=O)c1ccc(Br)cc1)CCOC(=O)c1ccc(Br)cc1. The molecular weight excluding hydrogens is 624 g/mol. The van der Waals surface area contributed by atoms with Crippen LogP contribution in [0.5, 0.6) is 0 Å². The summed E-state index contributed by atoms with van der Waals surface area (Å²) in [5.41, 5.74) is 6.39. The average Bonchev–Trinajstić information content (AvgIpc) is 2.93. The van der Waals surface area contributed by atoms with Gasteiger partial charge in [-0.1, -0.05) is 76.0 Å². The Morgan fingerprint density at radius 3 is 2.03 bits per heavy atom. The molecular formula is C32H32Br2O5. The number of hydrogen-bond donors (Lipinski definition) is 0. The lowest BCUT2D eigenvalue weighted by Gasteiger charge is -2.17. The van der Waals surface area contributed by atoms with Crippen LogP contribution >= 0.6 is 31.9 Å². The summed E-state index contributed by atoms with van der Waals surface area (Å²) in [6, 6.07) is 24.0. The first-order valence-corrected chi connectivity index (χ1v) is 14.3. The molecule has 39 heavy (non-hydrogen) atoms. The van der Waals surface area contributed by atoms with Gasteiger partial charge in [0.05, 0.1) is 30.9 Å². The minimum atomic E-state index is -0.485. The predicted molar refractivity (Wildman–Crippen MR) is 160 cm³/mol.